The highest BCUT2D eigenvalue weighted by Crippen LogP contribution is 2.33. The molecule has 0 aliphatic rings. The number of unbranched alkanes of at least 4 members (excludes halogenated alkanes) is 15. The largest absolute Gasteiger partial charge is 0.478 e. The van der Waals surface area contributed by atoms with E-state index in [1.807, 2.05) is 0 Å². The van der Waals surface area contributed by atoms with Crippen molar-refractivity contribution in [2.75, 3.05) is 0 Å². The van der Waals surface area contributed by atoms with E-state index in [9.17, 15) is 29.7 Å². The van der Waals surface area contributed by atoms with Crippen molar-refractivity contribution in [3.63, 3.8) is 0 Å². The molecule has 1 rings (SSSR count). The van der Waals surface area contributed by atoms with Crippen molar-refractivity contribution in [1.29, 1.82) is 0 Å². The predicted octanol–water partition coefficient (Wildman–Crippen LogP) is 9.49. The monoisotopic (exact) mass is 546 g/mol. The summed E-state index contributed by atoms with van der Waals surface area (Å²) in [7, 11) is 0. The zero-order valence-electron chi connectivity index (χ0n) is 24.9. The lowest BCUT2D eigenvalue weighted by Crippen LogP contribution is -2.22. The van der Waals surface area contributed by atoms with Crippen molar-refractivity contribution in [2.45, 2.75) is 156 Å². The summed E-state index contributed by atoms with van der Waals surface area (Å²) in [5.74, 6) is -3.64. The minimum absolute atomic E-state index is 0.0707. The van der Waals surface area contributed by atoms with Crippen molar-refractivity contribution in [3.05, 3.63) is 33.4 Å². The van der Waals surface area contributed by atoms with Crippen LogP contribution >= 0.6 is 0 Å². The lowest BCUT2D eigenvalue weighted by atomic mass is 9.81. The quantitative estimate of drug-likeness (QED) is 0.111. The molecule has 0 bridgehead atoms. The van der Waals surface area contributed by atoms with E-state index in [0.717, 1.165) is 96.3 Å². The zero-order chi connectivity index (χ0) is 29.0. The molecule has 0 saturated carbocycles. The molecular weight excluding hydrogens is 492 g/mol. The third-order valence-corrected chi connectivity index (χ3v) is 7.79. The predicted molar refractivity (Wildman–Crippen MR) is 159 cm³/mol. The van der Waals surface area contributed by atoms with Crippen molar-refractivity contribution in [1.82, 2.24) is 0 Å². The van der Waals surface area contributed by atoms with Gasteiger partial charge in [-0.1, -0.05) is 117 Å². The van der Waals surface area contributed by atoms with E-state index in [2.05, 4.69) is 20.8 Å². The van der Waals surface area contributed by atoms with Crippen LogP contribution in [0.2, 0.25) is 0 Å². The number of rotatable bonds is 24. The fraction of sp³-hybridized carbons (Fsp3) is 0.727. The van der Waals surface area contributed by atoms with Gasteiger partial charge in [-0.25, -0.2) is 14.4 Å². The molecule has 0 heterocycles. The summed E-state index contributed by atoms with van der Waals surface area (Å²) in [6, 6.07) is 0. The van der Waals surface area contributed by atoms with Gasteiger partial charge in [0, 0.05) is 0 Å². The number of carboxylic acids is 3. The van der Waals surface area contributed by atoms with Gasteiger partial charge in [-0.3, -0.25) is 0 Å². The maximum Gasteiger partial charge on any atom is 0.336 e. The lowest BCUT2D eigenvalue weighted by molar-refractivity contribution is 0.0693. The van der Waals surface area contributed by atoms with Crippen LogP contribution in [0.1, 0.15) is 184 Å². The first-order valence-electron chi connectivity index (χ1n) is 15.7. The summed E-state index contributed by atoms with van der Waals surface area (Å²) in [6.45, 7) is 6.46. The van der Waals surface area contributed by atoms with Gasteiger partial charge < -0.3 is 15.3 Å². The fourth-order valence-electron chi connectivity index (χ4n) is 5.69. The minimum Gasteiger partial charge on any atom is -0.478 e. The molecule has 0 unspecified atom stereocenters. The Kier molecular flexibility index (Phi) is 18.2. The molecule has 222 valence electrons. The van der Waals surface area contributed by atoms with E-state index < -0.39 is 17.9 Å². The maximum atomic E-state index is 12.6. The Morgan fingerprint density at radius 1 is 0.385 bits per heavy atom. The van der Waals surface area contributed by atoms with E-state index in [0.29, 0.717) is 55.2 Å². The van der Waals surface area contributed by atoms with Gasteiger partial charge in [0.1, 0.15) is 0 Å². The summed E-state index contributed by atoms with van der Waals surface area (Å²) < 4.78 is 0. The number of aromatic carboxylic acids is 3. The standard InChI is InChI=1S/C33H54O6/c1-4-7-10-13-16-19-22-25-28(31(34)35)26(23-20-17-14-11-8-5-2)30(33(38)39)27(29(25)32(36)37)24-21-18-15-12-9-6-3/h4-24H2,1-3H3,(H,34,35)(H,36,37)(H,38,39). The summed E-state index contributed by atoms with van der Waals surface area (Å²) in [5.41, 5.74) is 0.781. The average molecular weight is 547 g/mol. The SMILES string of the molecule is CCCCCCCCc1c(C(=O)O)c(CCCCCCCC)c(C(=O)O)c(CCCCCCCC)c1C(=O)O. The smallest absolute Gasteiger partial charge is 0.336 e. The third-order valence-electron chi connectivity index (χ3n) is 7.79. The molecule has 0 aromatic heterocycles. The van der Waals surface area contributed by atoms with Gasteiger partial charge in [0.2, 0.25) is 0 Å². The van der Waals surface area contributed by atoms with Crippen LogP contribution in [0, 0.1) is 0 Å². The fourth-order valence-corrected chi connectivity index (χ4v) is 5.69. The highest BCUT2D eigenvalue weighted by molar-refractivity contribution is 6.05. The van der Waals surface area contributed by atoms with Gasteiger partial charge in [0.05, 0.1) is 16.7 Å². The molecule has 0 amide bonds. The summed E-state index contributed by atoms with van der Waals surface area (Å²) >= 11 is 0. The Balaban J connectivity index is 3.49. The highest BCUT2D eigenvalue weighted by atomic mass is 16.4. The topological polar surface area (TPSA) is 112 Å². The first kappa shape index (κ1) is 34.7. The highest BCUT2D eigenvalue weighted by Gasteiger charge is 2.32. The first-order valence-corrected chi connectivity index (χ1v) is 15.7. The summed E-state index contributed by atoms with van der Waals surface area (Å²) in [6.07, 6.45) is 19.1. The second-order valence-electron chi connectivity index (χ2n) is 11.0. The second-order valence-corrected chi connectivity index (χ2v) is 11.0. The molecule has 0 fully saturated rings. The van der Waals surface area contributed by atoms with Crippen LogP contribution in [0.25, 0.3) is 0 Å². The molecule has 3 N–H and O–H groups in total. The van der Waals surface area contributed by atoms with Crippen molar-refractivity contribution >= 4 is 17.9 Å². The van der Waals surface area contributed by atoms with E-state index in [1.54, 1.807) is 0 Å². The molecule has 0 spiro atoms. The average Bonchev–Trinajstić information content (AvgIpc) is 2.89. The van der Waals surface area contributed by atoms with Crippen LogP contribution in [-0.4, -0.2) is 33.2 Å². The van der Waals surface area contributed by atoms with Gasteiger partial charge in [-0.05, 0) is 55.2 Å². The Labute approximate surface area is 236 Å². The minimum atomic E-state index is -1.21. The number of carbonyl (C=O) groups is 3. The lowest BCUT2D eigenvalue weighted by Gasteiger charge is -2.22. The van der Waals surface area contributed by atoms with E-state index in [-0.39, 0.29) is 16.7 Å². The number of carboxylic acid groups (broad SMARTS) is 3. The van der Waals surface area contributed by atoms with Crippen molar-refractivity contribution < 1.29 is 29.7 Å². The number of hydrogen-bond acceptors (Lipinski definition) is 3. The van der Waals surface area contributed by atoms with Crippen LogP contribution in [0.5, 0.6) is 0 Å². The van der Waals surface area contributed by atoms with E-state index in [1.165, 1.54) is 0 Å². The van der Waals surface area contributed by atoms with Crippen LogP contribution in [-0.2, 0) is 19.3 Å². The van der Waals surface area contributed by atoms with Gasteiger partial charge >= 0.3 is 17.9 Å². The summed E-state index contributed by atoms with van der Waals surface area (Å²) in [4.78, 5) is 37.9. The Bertz CT molecular complexity index is 753. The first-order chi connectivity index (χ1) is 18.8. The Morgan fingerprint density at radius 2 is 0.590 bits per heavy atom. The zero-order valence-corrected chi connectivity index (χ0v) is 24.9. The van der Waals surface area contributed by atoms with E-state index in [4.69, 9.17) is 0 Å². The molecule has 0 saturated heterocycles. The van der Waals surface area contributed by atoms with Gasteiger partial charge in [-0.15, -0.1) is 0 Å². The molecule has 39 heavy (non-hydrogen) atoms. The number of benzene rings is 1. The molecule has 6 nitrogen and oxygen atoms in total. The Hall–Kier alpha value is -2.37. The maximum absolute atomic E-state index is 12.6. The van der Waals surface area contributed by atoms with Crippen LogP contribution in [0.4, 0.5) is 0 Å². The van der Waals surface area contributed by atoms with Crippen LogP contribution in [0.3, 0.4) is 0 Å². The molecule has 0 aliphatic heterocycles. The molecule has 1 aromatic rings. The van der Waals surface area contributed by atoms with E-state index >= 15 is 0 Å². The van der Waals surface area contributed by atoms with Crippen molar-refractivity contribution in [2.24, 2.45) is 0 Å². The van der Waals surface area contributed by atoms with Gasteiger partial charge in [0.25, 0.3) is 0 Å². The molecule has 1 aromatic carbocycles. The summed E-state index contributed by atoms with van der Waals surface area (Å²) in [5, 5.41) is 30.9. The number of hydrogen-bond donors (Lipinski definition) is 3. The molecule has 6 heteroatoms. The third kappa shape index (κ3) is 12.1. The molecule has 0 radical (unpaired) electrons. The van der Waals surface area contributed by atoms with Crippen molar-refractivity contribution in [3.8, 4) is 0 Å². The molecular formula is C33H54O6. The molecule has 0 aliphatic carbocycles. The van der Waals surface area contributed by atoms with Crippen LogP contribution < -0.4 is 0 Å². The van der Waals surface area contributed by atoms with Crippen LogP contribution in [0.15, 0.2) is 0 Å². The second kappa shape index (κ2) is 20.5. The molecule has 0 atom stereocenters. The van der Waals surface area contributed by atoms with Gasteiger partial charge in [0.15, 0.2) is 0 Å². The van der Waals surface area contributed by atoms with Gasteiger partial charge in [-0.2, -0.15) is 0 Å². The normalized spacial score (nSPS) is 11.2. The Morgan fingerprint density at radius 3 is 0.795 bits per heavy atom.